The van der Waals surface area contributed by atoms with E-state index in [1.807, 2.05) is 4.57 Å². The van der Waals surface area contributed by atoms with Crippen molar-refractivity contribution in [3.05, 3.63) is 24.4 Å². The molecule has 1 N–H and O–H groups in total. The summed E-state index contributed by atoms with van der Waals surface area (Å²) in [5.74, 6) is 1.23. The highest BCUT2D eigenvalue weighted by molar-refractivity contribution is 5.83. The van der Waals surface area contributed by atoms with E-state index in [9.17, 15) is 4.79 Å². The highest BCUT2D eigenvalue weighted by Gasteiger charge is 2.31. The van der Waals surface area contributed by atoms with E-state index in [1.54, 1.807) is 18.6 Å². The van der Waals surface area contributed by atoms with Crippen LogP contribution >= 0.6 is 0 Å². The van der Waals surface area contributed by atoms with E-state index in [2.05, 4.69) is 42.2 Å². The molecule has 0 aliphatic carbocycles. The van der Waals surface area contributed by atoms with E-state index in [1.165, 1.54) is 0 Å². The lowest BCUT2D eigenvalue weighted by Gasteiger charge is -2.34. The van der Waals surface area contributed by atoms with Gasteiger partial charge in [0.15, 0.2) is 5.82 Å². The molecule has 28 heavy (non-hydrogen) atoms. The Morgan fingerprint density at radius 3 is 2.71 bits per heavy atom. The van der Waals surface area contributed by atoms with Gasteiger partial charge in [0.25, 0.3) is 0 Å². The minimum Gasteiger partial charge on any atom is -0.354 e. The third-order valence-corrected chi connectivity index (χ3v) is 5.71. The van der Waals surface area contributed by atoms with Gasteiger partial charge < -0.3 is 14.8 Å². The number of carbonyl (C=O) groups excluding carboxylic acids is 1. The summed E-state index contributed by atoms with van der Waals surface area (Å²) < 4.78 is 2.02. The zero-order valence-electron chi connectivity index (χ0n) is 16.4. The molecule has 1 amide bonds. The van der Waals surface area contributed by atoms with Gasteiger partial charge in [-0.1, -0.05) is 6.92 Å². The quantitative estimate of drug-likeness (QED) is 0.769. The Morgan fingerprint density at radius 2 is 1.96 bits per heavy atom. The van der Waals surface area contributed by atoms with Crippen LogP contribution in [0, 0.1) is 0 Å². The third kappa shape index (κ3) is 4.05. The van der Waals surface area contributed by atoms with Crippen molar-refractivity contribution in [2.75, 3.05) is 45.8 Å². The molecule has 9 heteroatoms. The summed E-state index contributed by atoms with van der Waals surface area (Å²) in [6, 6.07) is 0. The van der Waals surface area contributed by atoms with Crippen molar-refractivity contribution in [3.8, 4) is 11.5 Å². The van der Waals surface area contributed by atoms with E-state index >= 15 is 0 Å². The largest absolute Gasteiger partial charge is 0.354 e. The van der Waals surface area contributed by atoms with E-state index in [-0.39, 0.29) is 11.8 Å². The average molecular weight is 384 g/mol. The number of nitrogens with zero attached hydrogens (tertiary/aromatic N) is 7. The van der Waals surface area contributed by atoms with E-state index in [0.717, 1.165) is 64.5 Å². The van der Waals surface area contributed by atoms with Crippen LogP contribution in [0.4, 0.5) is 0 Å². The number of amides is 1. The van der Waals surface area contributed by atoms with Crippen LogP contribution in [0.25, 0.3) is 11.5 Å². The fourth-order valence-corrected chi connectivity index (χ4v) is 4.02. The smallest absolute Gasteiger partial charge is 0.230 e. The first kappa shape index (κ1) is 18.9. The van der Waals surface area contributed by atoms with Crippen LogP contribution in [0.5, 0.6) is 0 Å². The zero-order valence-corrected chi connectivity index (χ0v) is 16.4. The molecule has 2 aromatic heterocycles. The molecule has 2 aromatic rings. The van der Waals surface area contributed by atoms with Crippen LogP contribution in [0.2, 0.25) is 0 Å². The second kappa shape index (κ2) is 8.74. The number of likely N-dealkylation sites (N-methyl/N-ethyl adjacent to an activating group) is 1. The lowest BCUT2D eigenvalue weighted by atomic mass is 9.98. The van der Waals surface area contributed by atoms with E-state index < -0.39 is 0 Å². The maximum atomic E-state index is 12.8. The Kier molecular flexibility index (Phi) is 5.92. The standard InChI is InChI=1S/C19H28N8O/c1-2-25-10-12-26(13-11-25)9-7-22-19(28)15-4-3-8-27-17(15)23-24-18(27)16-14-20-5-6-21-16/h5-6,14-15H,2-4,7-13H2,1H3,(H,22,28). The number of piperazine rings is 1. The number of rotatable bonds is 6. The van der Waals surface area contributed by atoms with Crippen LogP contribution in [0.1, 0.15) is 31.5 Å². The second-order valence-corrected chi connectivity index (χ2v) is 7.39. The first-order valence-corrected chi connectivity index (χ1v) is 10.2. The molecule has 4 rings (SSSR count). The van der Waals surface area contributed by atoms with Gasteiger partial charge in [0.05, 0.1) is 12.1 Å². The Balaban J connectivity index is 1.34. The minimum atomic E-state index is -0.247. The van der Waals surface area contributed by atoms with Crippen LogP contribution < -0.4 is 5.32 Å². The average Bonchev–Trinajstić information content (AvgIpc) is 3.19. The molecule has 1 fully saturated rings. The summed E-state index contributed by atoms with van der Waals surface area (Å²) in [6.07, 6.45) is 6.69. The van der Waals surface area contributed by atoms with Crippen molar-refractivity contribution in [1.82, 2.24) is 39.8 Å². The minimum absolute atomic E-state index is 0.0474. The molecule has 1 saturated heterocycles. The van der Waals surface area contributed by atoms with Gasteiger partial charge >= 0.3 is 0 Å². The molecular formula is C19H28N8O. The summed E-state index contributed by atoms with van der Waals surface area (Å²) in [7, 11) is 0. The number of carbonyl (C=O) groups is 1. The van der Waals surface area contributed by atoms with Crippen LogP contribution in [0.15, 0.2) is 18.6 Å². The molecule has 1 unspecified atom stereocenters. The van der Waals surface area contributed by atoms with Gasteiger partial charge in [-0.05, 0) is 19.4 Å². The first-order chi connectivity index (χ1) is 13.8. The van der Waals surface area contributed by atoms with Crippen molar-refractivity contribution in [3.63, 3.8) is 0 Å². The van der Waals surface area contributed by atoms with Gasteiger partial charge in [0.2, 0.25) is 5.91 Å². The molecule has 0 saturated carbocycles. The first-order valence-electron chi connectivity index (χ1n) is 10.2. The predicted octanol–water partition coefficient (Wildman–Crippen LogP) is 0.366. The number of hydrogen-bond acceptors (Lipinski definition) is 7. The normalized spacial score (nSPS) is 20.7. The second-order valence-electron chi connectivity index (χ2n) is 7.39. The molecule has 0 spiro atoms. The molecule has 0 aromatic carbocycles. The zero-order chi connectivity index (χ0) is 19.3. The van der Waals surface area contributed by atoms with Crippen LogP contribution in [-0.2, 0) is 11.3 Å². The summed E-state index contributed by atoms with van der Waals surface area (Å²) in [5.41, 5.74) is 0.688. The molecular weight excluding hydrogens is 356 g/mol. The Labute approximate surface area is 165 Å². The Morgan fingerprint density at radius 1 is 1.14 bits per heavy atom. The summed E-state index contributed by atoms with van der Waals surface area (Å²) in [6.45, 7) is 10.1. The third-order valence-electron chi connectivity index (χ3n) is 5.71. The van der Waals surface area contributed by atoms with Gasteiger partial charge in [-0.15, -0.1) is 10.2 Å². The highest BCUT2D eigenvalue weighted by atomic mass is 16.1. The van der Waals surface area contributed by atoms with Crippen molar-refractivity contribution in [2.45, 2.75) is 32.2 Å². The highest BCUT2D eigenvalue weighted by Crippen LogP contribution is 2.29. The van der Waals surface area contributed by atoms with Crippen LogP contribution in [0.3, 0.4) is 0 Å². The molecule has 2 aliphatic rings. The molecule has 2 aliphatic heterocycles. The summed E-state index contributed by atoms with van der Waals surface area (Å²) in [4.78, 5) is 26.1. The SMILES string of the molecule is CCN1CCN(CCNC(=O)C2CCCn3c(-c4cnccn4)nnc32)CC1. The summed E-state index contributed by atoms with van der Waals surface area (Å²) >= 11 is 0. The number of hydrogen-bond donors (Lipinski definition) is 1. The lowest BCUT2D eigenvalue weighted by molar-refractivity contribution is -0.123. The van der Waals surface area contributed by atoms with Gasteiger partial charge in [0, 0.05) is 58.2 Å². The van der Waals surface area contributed by atoms with Gasteiger partial charge in [-0.25, -0.2) is 4.98 Å². The molecule has 9 nitrogen and oxygen atoms in total. The topological polar surface area (TPSA) is 92.1 Å². The van der Waals surface area contributed by atoms with Crippen molar-refractivity contribution >= 4 is 5.91 Å². The van der Waals surface area contributed by atoms with E-state index in [0.29, 0.717) is 18.1 Å². The fraction of sp³-hybridized carbons (Fsp3) is 0.632. The monoisotopic (exact) mass is 384 g/mol. The van der Waals surface area contributed by atoms with Crippen molar-refractivity contribution < 1.29 is 4.79 Å². The Hall–Kier alpha value is -2.39. The van der Waals surface area contributed by atoms with Gasteiger partial charge in [0.1, 0.15) is 11.5 Å². The number of nitrogens with one attached hydrogen (secondary N) is 1. The van der Waals surface area contributed by atoms with E-state index in [4.69, 9.17) is 0 Å². The molecule has 1 atom stereocenters. The summed E-state index contributed by atoms with van der Waals surface area (Å²) in [5, 5.41) is 11.7. The Bertz CT molecular complexity index is 784. The lowest BCUT2D eigenvalue weighted by Crippen LogP contribution is -2.48. The fourth-order valence-electron chi connectivity index (χ4n) is 4.02. The van der Waals surface area contributed by atoms with Gasteiger partial charge in [-0.3, -0.25) is 14.7 Å². The maximum Gasteiger partial charge on any atom is 0.230 e. The molecule has 0 bridgehead atoms. The molecule has 4 heterocycles. The predicted molar refractivity (Wildman–Crippen MR) is 105 cm³/mol. The van der Waals surface area contributed by atoms with Crippen LogP contribution in [-0.4, -0.2) is 86.3 Å². The molecule has 150 valence electrons. The molecule has 0 radical (unpaired) electrons. The van der Waals surface area contributed by atoms with Crippen molar-refractivity contribution in [1.29, 1.82) is 0 Å². The number of aromatic nitrogens is 5. The maximum absolute atomic E-state index is 12.8. The van der Waals surface area contributed by atoms with Crippen molar-refractivity contribution in [2.24, 2.45) is 0 Å². The van der Waals surface area contributed by atoms with Gasteiger partial charge in [-0.2, -0.15) is 0 Å². The number of fused-ring (bicyclic) bond motifs is 1.